The van der Waals surface area contributed by atoms with Gasteiger partial charge >= 0.3 is 0 Å². The lowest BCUT2D eigenvalue weighted by Crippen LogP contribution is -2.20. The van der Waals surface area contributed by atoms with E-state index in [-0.39, 0.29) is 24.8 Å². The molecule has 0 unspecified atom stereocenters. The second kappa shape index (κ2) is 8.53. The third kappa shape index (κ3) is 3.81. The van der Waals surface area contributed by atoms with E-state index < -0.39 is 0 Å². The molecule has 26 heavy (non-hydrogen) atoms. The Kier molecular flexibility index (Phi) is 6.86. The number of amidine groups is 1. The molecule has 0 fully saturated rings. The van der Waals surface area contributed by atoms with Crippen LogP contribution in [0.4, 0.5) is 0 Å². The van der Waals surface area contributed by atoms with Crippen molar-refractivity contribution in [2.75, 3.05) is 13.1 Å². The van der Waals surface area contributed by atoms with Crippen molar-refractivity contribution in [1.29, 1.82) is 0 Å². The van der Waals surface area contributed by atoms with Crippen molar-refractivity contribution in [3.63, 3.8) is 0 Å². The SMILES string of the molecule is Cc1c(C2=NCCN2)c2cc(Cl)ccc2n1Cc1ccc(Cl)cc1.Cl.Cl. The van der Waals surface area contributed by atoms with Crippen LogP contribution in [0.2, 0.25) is 10.0 Å². The minimum Gasteiger partial charge on any atom is -0.368 e. The third-order valence-electron chi connectivity index (χ3n) is 4.45. The highest BCUT2D eigenvalue weighted by Gasteiger charge is 2.20. The van der Waals surface area contributed by atoms with Crippen LogP contribution in [-0.4, -0.2) is 23.5 Å². The molecule has 0 saturated heterocycles. The van der Waals surface area contributed by atoms with Crippen molar-refractivity contribution in [2.45, 2.75) is 13.5 Å². The summed E-state index contributed by atoms with van der Waals surface area (Å²) in [4.78, 5) is 4.61. The number of hydrogen-bond acceptors (Lipinski definition) is 2. The fourth-order valence-electron chi connectivity index (χ4n) is 3.29. The predicted molar refractivity (Wildman–Crippen MR) is 116 cm³/mol. The van der Waals surface area contributed by atoms with E-state index >= 15 is 0 Å². The molecule has 3 aromatic rings. The summed E-state index contributed by atoms with van der Waals surface area (Å²) >= 11 is 12.3. The standard InChI is InChI=1S/C19H17Cl2N3.2ClH/c1-12-18(19-22-8-9-23-19)16-10-15(21)6-7-17(16)24(12)11-13-2-4-14(20)5-3-13;;/h2-7,10H,8-9,11H2,1H3,(H,22,23);2*1H. The van der Waals surface area contributed by atoms with Gasteiger partial charge in [-0.15, -0.1) is 24.8 Å². The fourth-order valence-corrected chi connectivity index (χ4v) is 3.59. The van der Waals surface area contributed by atoms with Crippen molar-refractivity contribution in [1.82, 2.24) is 9.88 Å². The van der Waals surface area contributed by atoms with Gasteiger partial charge in [0.25, 0.3) is 0 Å². The van der Waals surface area contributed by atoms with E-state index in [1.165, 1.54) is 16.8 Å². The molecule has 0 atom stereocenters. The predicted octanol–water partition coefficient (Wildman–Crippen LogP) is 5.50. The first-order valence-electron chi connectivity index (χ1n) is 7.95. The summed E-state index contributed by atoms with van der Waals surface area (Å²) in [5.41, 5.74) is 4.72. The zero-order valence-electron chi connectivity index (χ0n) is 14.1. The van der Waals surface area contributed by atoms with Crippen LogP contribution in [0, 0.1) is 6.92 Å². The van der Waals surface area contributed by atoms with Crippen LogP contribution in [0.1, 0.15) is 16.8 Å². The van der Waals surface area contributed by atoms with Gasteiger partial charge in [0.15, 0.2) is 0 Å². The molecule has 4 rings (SSSR count). The summed E-state index contributed by atoms with van der Waals surface area (Å²) in [6.45, 7) is 4.63. The number of benzene rings is 2. The van der Waals surface area contributed by atoms with Crippen LogP contribution in [0.3, 0.4) is 0 Å². The number of fused-ring (bicyclic) bond motifs is 1. The minimum absolute atomic E-state index is 0. The van der Waals surface area contributed by atoms with Gasteiger partial charge < -0.3 is 9.88 Å². The molecule has 1 aliphatic heterocycles. The lowest BCUT2D eigenvalue weighted by atomic mass is 10.1. The van der Waals surface area contributed by atoms with Crippen LogP contribution in [-0.2, 0) is 6.54 Å². The van der Waals surface area contributed by atoms with E-state index in [4.69, 9.17) is 23.2 Å². The normalized spacial score (nSPS) is 13.0. The number of nitrogens with zero attached hydrogens (tertiary/aromatic N) is 2. The maximum atomic E-state index is 6.25. The Hall–Kier alpha value is -1.39. The molecule has 0 spiro atoms. The zero-order valence-corrected chi connectivity index (χ0v) is 17.3. The second-order valence-corrected chi connectivity index (χ2v) is 6.86. The van der Waals surface area contributed by atoms with Gasteiger partial charge in [-0.05, 0) is 42.8 Å². The lowest BCUT2D eigenvalue weighted by Gasteiger charge is -2.09. The maximum absolute atomic E-state index is 6.25. The van der Waals surface area contributed by atoms with Gasteiger partial charge in [0.05, 0.1) is 6.54 Å². The molecule has 1 aliphatic rings. The number of rotatable bonds is 3. The van der Waals surface area contributed by atoms with Crippen LogP contribution in [0.15, 0.2) is 47.5 Å². The zero-order chi connectivity index (χ0) is 16.7. The molecular weight excluding hydrogens is 412 g/mol. The Morgan fingerprint density at radius 3 is 2.38 bits per heavy atom. The van der Waals surface area contributed by atoms with Crippen LogP contribution in [0.25, 0.3) is 10.9 Å². The van der Waals surface area contributed by atoms with Gasteiger partial charge in [0.1, 0.15) is 5.84 Å². The average Bonchev–Trinajstić information content (AvgIpc) is 3.17. The number of nitrogens with one attached hydrogen (secondary N) is 1. The monoisotopic (exact) mass is 429 g/mol. The molecule has 3 nitrogen and oxygen atoms in total. The molecule has 138 valence electrons. The highest BCUT2D eigenvalue weighted by atomic mass is 35.5. The minimum atomic E-state index is 0. The smallest absolute Gasteiger partial charge is 0.130 e. The maximum Gasteiger partial charge on any atom is 0.130 e. The average molecular weight is 431 g/mol. The van der Waals surface area contributed by atoms with E-state index in [2.05, 4.69) is 40.0 Å². The number of hydrogen-bond donors (Lipinski definition) is 1. The molecule has 2 heterocycles. The summed E-state index contributed by atoms with van der Waals surface area (Å²) < 4.78 is 2.31. The van der Waals surface area contributed by atoms with E-state index in [9.17, 15) is 0 Å². The first-order chi connectivity index (χ1) is 11.6. The fraction of sp³-hybridized carbons (Fsp3) is 0.211. The first-order valence-corrected chi connectivity index (χ1v) is 8.70. The molecule has 7 heteroatoms. The Labute approximate surface area is 175 Å². The molecule has 0 aliphatic carbocycles. The Morgan fingerprint density at radius 2 is 1.73 bits per heavy atom. The second-order valence-electron chi connectivity index (χ2n) is 5.99. The first kappa shape index (κ1) is 20.9. The van der Waals surface area contributed by atoms with Crippen molar-refractivity contribution < 1.29 is 0 Å². The lowest BCUT2D eigenvalue weighted by molar-refractivity contribution is 0.803. The molecular formula is C19H19Cl4N3. The number of aliphatic imine (C=N–C) groups is 1. The molecule has 1 aromatic heterocycles. The Morgan fingerprint density at radius 1 is 1.04 bits per heavy atom. The van der Waals surface area contributed by atoms with Crippen LogP contribution < -0.4 is 5.32 Å². The van der Waals surface area contributed by atoms with Gasteiger partial charge in [0, 0.05) is 45.3 Å². The van der Waals surface area contributed by atoms with Crippen molar-refractivity contribution in [2.24, 2.45) is 4.99 Å². The van der Waals surface area contributed by atoms with E-state index in [0.717, 1.165) is 46.5 Å². The Bertz CT molecular complexity index is 946. The summed E-state index contributed by atoms with van der Waals surface area (Å²) in [6, 6.07) is 14.0. The highest BCUT2D eigenvalue weighted by molar-refractivity contribution is 6.31. The summed E-state index contributed by atoms with van der Waals surface area (Å²) in [5.74, 6) is 0.967. The third-order valence-corrected chi connectivity index (χ3v) is 4.94. The van der Waals surface area contributed by atoms with E-state index in [1.807, 2.05) is 24.3 Å². The van der Waals surface area contributed by atoms with E-state index in [0.29, 0.717) is 0 Å². The molecule has 0 bridgehead atoms. The molecule has 1 N–H and O–H groups in total. The molecule has 0 radical (unpaired) electrons. The van der Waals surface area contributed by atoms with Crippen LogP contribution in [0.5, 0.6) is 0 Å². The van der Waals surface area contributed by atoms with E-state index in [1.54, 1.807) is 0 Å². The number of halogens is 4. The van der Waals surface area contributed by atoms with Crippen LogP contribution >= 0.6 is 48.0 Å². The Balaban J connectivity index is 0.00000121. The van der Waals surface area contributed by atoms with Crippen molar-refractivity contribution >= 4 is 64.8 Å². The highest BCUT2D eigenvalue weighted by Crippen LogP contribution is 2.30. The number of aromatic nitrogens is 1. The van der Waals surface area contributed by atoms with Crippen molar-refractivity contribution in [3.05, 3.63) is 69.3 Å². The van der Waals surface area contributed by atoms with Gasteiger partial charge in [-0.3, -0.25) is 4.99 Å². The molecule has 0 saturated carbocycles. The summed E-state index contributed by atoms with van der Waals surface area (Å²) in [7, 11) is 0. The largest absolute Gasteiger partial charge is 0.368 e. The van der Waals surface area contributed by atoms with Gasteiger partial charge in [-0.1, -0.05) is 35.3 Å². The van der Waals surface area contributed by atoms with Gasteiger partial charge in [-0.25, -0.2) is 0 Å². The van der Waals surface area contributed by atoms with Crippen molar-refractivity contribution in [3.8, 4) is 0 Å². The summed E-state index contributed by atoms with van der Waals surface area (Å²) in [5, 5.41) is 6.02. The van der Waals surface area contributed by atoms with Gasteiger partial charge in [-0.2, -0.15) is 0 Å². The molecule has 0 amide bonds. The summed E-state index contributed by atoms with van der Waals surface area (Å²) in [6.07, 6.45) is 0. The quantitative estimate of drug-likeness (QED) is 0.584. The topological polar surface area (TPSA) is 29.3 Å². The molecule has 2 aromatic carbocycles. The van der Waals surface area contributed by atoms with Gasteiger partial charge in [0.2, 0.25) is 0 Å².